The molecule has 14 heteroatoms. The van der Waals surface area contributed by atoms with Crippen molar-refractivity contribution in [1.82, 2.24) is 25.1 Å². The van der Waals surface area contributed by atoms with Crippen LogP contribution in [0, 0.1) is 0 Å². The number of carboxylic acids is 2. The Morgan fingerprint density at radius 3 is 2.29 bits per heavy atom. The van der Waals surface area contributed by atoms with Crippen molar-refractivity contribution < 1.29 is 44.1 Å². The quantitative estimate of drug-likeness (QED) is 0.171. The summed E-state index contributed by atoms with van der Waals surface area (Å²) in [6.45, 7) is 3.86. The highest BCUT2D eigenvalue weighted by Crippen LogP contribution is 2.30. The monoisotopic (exact) mass is 711 g/mol. The smallest absolute Gasteiger partial charge is 0.326 e. The SMILES string of the molecule is C=CCN1CC(=O)N2[C@@H](Cc3ccc(O)cc3)C(=O)N(Cc3cccc(C(=O)NC(CCC(=O)O)C(=O)O)c3)C[C@@H]2N1C(=O)CCc1ccccc1. The van der Waals surface area contributed by atoms with Gasteiger partial charge in [-0.3, -0.25) is 24.0 Å². The summed E-state index contributed by atoms with van der Waals surface area (Å²) in [6, 6.07) is 19.7. The summed E-state index contributed by atoms with van der Waals surface area (Å²) in [5.74, 6) is -4.19. The highest BCUT2D eigenvalue weighted by molar-refractivity contribution is 5.97. The third-order valence-corrected chi connectivity index (χ3v) is 9.07. The highest BCUT2D eigenvalue weighted by atomic mass is 16.4. The average molecular weight is 712 g/mol. The van der Waals surface area contributed by atoms with E-state index in [1.165, 1.54) is 29.2 Å². The summed E-state index contributed by atoms with van der Waals surface area (Å²) in [7, 11) is 0. The summed E-state index contributed by atoms with van der Waals surface area (Å²) in [5, 5.41) is 33.9. The maximum Gasteiger partial charge on any atom is 0.326 e. The van der Waals surface area contributed by atoms with Gasteiger partial charge in [0, 0.05) is 37.9 Å². The predicted octanol–water partition coefficient (Wildman–Crippen LogP) is 2.43. The number of carbonyl (C=O) groups is 6. The first-order chi connectivity index (χ1) is 24.9. The van der Waals surface area contributed by atoms with Crippen molar-refractivity contribution in [3.05, 3.63) is 114 Å². The minimum absolute atomic E-state index is 0.000556. The van der Waals surface area contributed by atoms with E-state index in [0.29, 0.717) is 17.5 Å². The Balaban J connectivity index is 1.45. The Hall–Kier alpha value is -6.02. The first-order valence-electron chi connectivity index (χ1n) is 16.9. The number of nitrogens with one attached hydrogen (secondary N) is 1. The van der Waals surface area contributed by atoms with Crippen molar-refractivity contribution in [2.24, 2.45) is 0 Å². The third kappa shape index (κ3) is 9.01. The highest BCUT2D eigenvalue weighted by Gasteiger charge is 2.51. The molecule has 0 aliphatic carbocycles. The number of piperazine rings is 1. The molecule has 3 aromatic carbocycles. The van der Waals surface area contributed by atoms with Crippen LogP contribution < -0.4 is 5.32 Å². The molecule has 52 heavy (non-hydrogen) atoms. The molecule has 2 fully saturated rings. The Kier molecular flexibility index (Phi) is 12.0. The number of phenols is 1. The van der Waals surface area contributed by atoms with E-state index >= 15 is 0 Å². The second-order valence-corrected chi connectivity index (χ2v) is 12.7. The van der Waals surface area contributed by atoms with Gasteiger partial charge in [-0.15, -0.1) is 6.58 Å². The van der Waals surface area contributed by atoms with Crippen molar-refractivity contribution in [3.8, 4) is 5.75 Å². The normalized spacial score (nSPS) is 18.0. The van der Waals surface area contributed by atoms with Crippen LogP contribution in [0.2, 0.25) is 0 Å². The number of hydrazine groups is 1. The molecule has 2 aliphatic rings. The number of hydrogen-bond donors (Lipinski definition) is 4. The zero-order chi connectivity index (χ0) is 37.4. The molecule has 4 N–H and O–H groups in total. The minimum Gasteiger partial charge on any atom is -0.508 e. The molecule has 0 bridgehead atoms. The molecule has 2 saturated heterocycles. The minimum atomic E-state index is -1.42. The van der Waals surface area contributed by atoms with Gasteiger partial charge < -0.3 is 30.4 Å². The number of carbonyl (C=O) groups excluding carboxylic acids is 4. The molecule has 0 aromatic heterocycles. The average Bonchev–Trinajstić information content (AvgIpc) is 3.12. The van der Waals surface area contributed by atoms with Crippen LogP contribution in [0.25, 0.3) is 0 Å². The van der Waals surface area contributed by atoms with E-state index in [1.807, 2.05) is 30.3 Å². The van der Waals surface area contributed by atoms with E-state index in [9.17, 15) is 39.0 Å². The van der Waals surface area contributed by atoms with Crippen molar-refractivity contribution in [1.29, 1.82) is 0 Å². The molecule has 1 unspecified atom stereocenters. The second-order valence-electron chi connectivity index (χ2n) is 12.7. The maximum atomic E-state index is 14.3. The lowest BCUT2D eigenvalue weighted by molar-refractivity contribution is -0.205. The lowest BCUT2D eigenvalue weighted by Gasteiger charge is -2.55. The Morgan fingerprint density at radius 1 is 0.904 bits per heavy atom. The van der Waals surface area contributed by atoms with Crippen LogP contribution in [-0.2, 0) is 43.4 Å². The van der Waals surface area contributed by atoms with E-state index < -0.39 is 42.5 Å². The zero-order valence-electron chi connectivity index (χ0n) is 28.5. The number of rotatable bonds is 15. The van der Waals surface area contributed by atoms with Crippen LogP contribution in [0.5, 0.6) is 5.75 Å². The van der Waals surface area contributed by atoms with Gasteiger partial charge in [0.05, 0.1) is 13.1 Å². The van der Waals surface area contributed by atoms with Crippen molar-refractivity contribution in [2.75, 3.05) is 19.6 Å². The summed E-state index contributed by atoms with van der Waals surface area (Å²) in [6.07, 6.45) is 0.715. The standard InChI is InChI=1S/C38H41N5O9/c1-2-19-41-24-34(46)42-31(21-26-11-14-29(44)15-12-26)37(50)40(23-32(42)43(41)33(45)17-13-25-7-4-3-5-8-25)22-27-9-6-10-28(20-27)36(49)39-30(38(51)52)16-18-35(47)48/h2-12,14-15,20,30-32,44H,1,13,16-19,21-24H2,(H,39,49)(H,47,48)(H,51,52)/t30?,31-,32-/m0/s1. The molecule has 0 radical (unpaired) electrons. The number of amides is 4. The number of phenolic OH excluding ortho intramolecular Hbond substituents is 1. The fraction of sp³-hybridized carbons (Fsp3) is 0.316. The Bertz CT molecular complexity index is 1820. The van der Waals surface area contributed by atoms with Crippen LogP contribution in [0.3, 0.4) is 0 Å². The van der Waals surface area contributed by atoms with Gasteiger partial charge in [-0.05, 0) is 53.8 Å². The fourth-order valence-corrected chi connectivity index (χ4v) is 6.57. The number of nitrogens with zero attached hydrogens (tertiary/aromatic N) is 4. The van der Waals surface area contributed by atoms with Crippen LogP contribution in [0.4, 0.5) is 0 Å². The molecule has 272 valence electrons. The molecule has 0 spiro atoms. The molecular formula is C38H41N5O9. The molecule has 14 nitrogen and oxygen atoms in total. The molecule has 2 aliphatic heterocycles. The third-order valence-electron chi connectivity index (χ3n) is 9.07. The van der Waals surface area contributed by atoms with Gasteiger partial charge in [-0.25, -0.2) is 14.8 Å². The topological polar surface area (TPSA) is 188 Å². The molecule has 4 amide bonds. The number of hydrogen-bond acceptors (Lipinski definition) is 8. The Labute approximate surface area is 300 Å². The fourth-order valence-electron chi connectivity index (χ4n) is 6.57. The van der Waals surface area contributed by atoms with Crippen molar-refractivity contribution in [2.45, 2.75) is 56.9 Å². The van der Waals surface area contributed by atoms with Gasteiger partial charge in [-0.2, -0.15) is 0 Å². The molecule has 2 heterocycles. The van der Waals surface area contributed by atoms with Crippen molar-refractivity contribution in [3.63, 3.8) is 0 Å². The summed E-state index contributed by atoms with van der Waals surface area (Å²) in [5.41, 5.74) is 2.30. The summed E-state index contributed by atoms with van der Waals surface area (Å²) in [4.78, 5) is 81.0. The van der Waals surface area contributed by atoms with Crippen LogP contribution in [-0.4, -0.2) is 109 Å². The van der Waals surface area contributed by atoms with E-state index in [-0.39, 0.29) is 74.5 Å². The lowest BCUT2D eigenvalue weighted by Crippen LogP contribution is -2.75. The van der Waals surface area contributed by atoms with Gasteiger partial charge in [0.1, 0.15) is 24.0 Å². The largest absolute Gasteiger partial charge is 0.508 e. The van der Waals surface area contributed by atoms with Gasteiger partial charge in [-0.1, -0.05) is 60.7 Å². The molecule has 5 rings (SSSR count). The van der Waals surface area contributed by atoms with E-state index in [0.717, 1.165) is 5.56 Å². The first-order valence-corrected chi connectivity index (χ1v) is 16.9. The molecule has 0 saturated carbocycles. The number of fused-ring (bicyclic) bond motifs is 1. The number of aliphatic carboxylic acids is 2. The predicted molar refractivity (Wildman–Crippen MR) is 187 cm³/mol. The Morgan fingerprint density at radius 2 is 1.62 bits per heavy atom. The summed E-state index contributed by atoms with van der Waals surface area (Å²) < 4.78 is 0. The van der Waals surface area contributed by atoms with E-state index in [1.54, 1.807) is 45.3 Å². The number of carboxylic acid groups (broad SMARTS) is 2. The van der Waals surface area contributed by atoms with Gasteiger partial charge >= 0.3 is 11.9 Å². The van der Waals surface area contributed by atoms with Crippen LogP contribution >= 0.6 is 0 Å². The molecular weight excluding hydrogens is 670 g/mol. The van der Waals surface area contributed by atoms with Crippen LogP contribution in [0.15, 0.2) is 91.5 Å². The van der Waals surface area contributed by atoms with Gasteiger partial charge in [0.2, 0.25) is 17.7 Å². The zero-order valence-corrected chi connectivity index (χ0v) is 28.5. The van der Waals surface area contributed by atoms with Gasteiger partial charge in [0.25, 0.3) is 5.91 Å². The number of aryl methyl sites for hydroxylation is 1. The van der Waals surface area contributed by atoms with Gasteiger partial charge in [0.15, 0.2) is 0 Å². The van der Waals surface area contributed by atoms with E-state index in [4.69, 9.17) is 5.11 Å². The molecule has 3 aromatic rings. The lowest BCUT2D eigenvalue weighted by atomic mass is 9.97. The maximum absolute atomic E-state index is 14.3. The van der Waals surface area contributed by atoms with E-state index in [2.05, 4.69) is 11.9 Å². The number of benzene rings is 3. The van der Waals surface area contributed by atoms with Crippen molar-refractivity contribution >= 4 is 35.6 Å². The van der Waals surface area contributed by atoms with Crippen LogP contribution in [0.1, 0.15) is 46.3 Å². The number of aromatic hydroxyl groups is 1. The molecule has 3 atom stereocenters. The summed E-state index contributed by atoms with van der Waals surface area (Å²) >= 11 is 0. The second kappa shape index (κ2) is 16.8. The first kappa shape index (κ1) is 37.2.